The van der Waals surface area contributed by atoms with Gasteiger partial charge in [-0.2, -0.15) is 0 Å². The zero-order valence-electron chi connectivity index (χ0n) is 29.3. The lowest BCUT2D eigenvalue weighted by atomic mass is 9.34. The summed E-state index contributed by atoms with van der Waals surface area (Å²) >= 11 is 0. The molecule has 3 heterocycles. The number of ether oxygens (including phenoxy) is 2. The van der Waals surface area contributed by atoms with Gasteiger partial charge in [-0.25, -0.2) is 0 Å². The smallest absolute Gasteiger partial charge is 0.260 e. The van der Waals surface area contributed by atoms with Gasteiger partial charge in [-0.15, -0.1) is 0 Å². The maximum atomic E-state index is 7.06. The average Bonchev–Trinajstić information content (AvgIpc) is 3.52. The van der Waals surface area contributed by atoms with Crippen LogP contribution in [0, 0.1) is 0 Å². The molecule has 0 bridgehead atoms. The summed E-state index contributed by atoms with van der Waals surface area (Å²) in [5, 5.41) is 2.49. The summed E-state index contributed by atoms with van der Waals surface area (Å²) in [5.74, 6) is 3.75. The molecule has 5 aromatic carbocycles. The third-order valence-electron chi connectivity index (χ3n) is 12.3. The lowest BCUT2D eigenvalue weighted by Gasteiger charge is -2.35. The zero-order chi connectivity index (χ0) is 33.1. The van der Waals surface area contributed by atoms with Crippen LogP contribution in [0.15, 0.2) is 84.9 Å². The predicted octanol–water partition coefficient (Wildman–Crippen LogP) is 9.43. The van der Waals surface area contributed by atoms with Gasteiger partial charge < -0.3 is 14.0 Å². The molecule has 6 aromatic rings. The van der Waals surface area contributed by atoms with E-state index >= 15 is 0 Å². The Morgan fingerprint density at radius 2 is 0.896 bits per heavy atom. The zero-order valence-corrected chi connectivity index (χ0v) is 29.3. The second kappa shape index (κ2) is 8.77. The van der Waals surface area contributed by atoms with E-state index in [1.54, 1.807) is 0 Å². The van der Waals surface area contributed by atoms with Crippen molar-refractivity contribution in [2.45, 2.75) is 89.9 Å². The molecule has 10 rings (SSSR count). The van der Waals surface area contributed by atoms with E-state index in [-0.39, 0.29) is 28.4 Å². The molecule has 1 aromatic heterocycles. The van der Waals surface area contributed by atoms with Gasteiger partial charge in [0.2, 0.25) is 0 Å². The molecule has 0 amide bonds. The lowest BCUT2D eigenvalue weighted by Crippen LogP contribution is -2.58. The van der Waals surface area contributed by atoms with Crippen LogP contribution in [-0.2, 0) is 21.7 Å². The molecule has 48 heavy (non-hydrogen) atoms. The first-order chi connectivity index (χ1) is 22.7. The largest absolute Gasteiger partial charge is 0.458 e. The first-order valence-corrected chi connectivity index (χ1v) is 17.6. The predicted molar refractivity (Wildman–Crippen MR) is 200 cm³/mol. The van der Waals surface area contributed by atoms with Crippen LogP contribution in [0.3, 0.4) is 0 Å². The molecular formula is C44H42BNO2. The fourth-order valence-corrected chi connectivity index (χ4v) is 10.7. The van der Waals surface area contributed by atoms with Crippen molar-refractivity contribution in [1.82, 2.24) is 4.57 Å². The van der Waals surface area contributed by atoms with Gasteiger partial charge >= 0.3 is 0 Å². The van der Waals surface area contributed by atoms with E-state index < -0.39 is 0 Å². The van der Waals surface area contributed by atoms with Crippen molar-refractivity contribution in [1.29, 1.82) is 0 Å². The maximum Gasteiger partial charge on any atom is 0.260 e. The third kappa shape index (κ3) is 3.61. The number of hydrogen-bond acceptors (Lipinski definition) is 2. The normalized spacial score (nSPS) is 19.6. The van der Waals surface area contributed by atoms with E-state index in [0.29, 0.717) is 0 Å². The number of rotatable bonds is 1. The molecule has 4 heteroatoms. The minimum atomic E-state index is 0.0318. The van der Waals surface area contributed by atoms with Crippen molar-refractivity contribution in [3.63, 3.8) is 0 Å². The van der Waals surface area contributed by atoms with Crippen molar-refractivity contribution in [3.8, 4) is 28.7 Å². The van der Waals surface area contributed by atoms with Crippen molar-refractivity contribution < 1.29 is 9.47 Å². The molecule has 3 nitrogen and oxygen atoms in total. The van der Waals surface area contributed by atoms with Gasteiger partial charge in [-0.3, -0.25) is 0 Å². The Balaban J connectivity index is 1.27. The van der Waals surface area contributed by atoms with Crippen LogP contribution < -0.4 is 25.9 Å². The Morgan fingerprint density at radius 1 is 0.500 bits per heavy atom. The molecule has 0 unspecified atom stereocenters. The highest BCUT2D eigenvalue weighted by molar-refractivity contribution is 6.98. The SMILES string of the molecule is CC1(C)CC(C)(C)c2cc3c(cc21)Oc1cc(-n2c4ccccc4c4ccccc42)cc2c1B3c1cc3c(cc1O2)C(C)(C)CC3(C)C. The summed E-state index contributed by atoms with van der Waals surface area (Å²) in [5.41, 5.74) is 13.2. The number of nitrogens with zero attached hydrogens (tertiary/aromatic N) is 1. The van der Waals surface area contributed by atoms with Gasteiger partial charge in [-0.05, 0) is 91.9 Å². The second-order valence-corrected chi connectivity index (χ2v) is 17.6. The van der Waals surface area contributed by atoms with Crippen molar-refractivity contribution >= 4 is 44.9 Å². The minimum Gasteiger partial charge on any atom is -0.458 e. The number of benzene rings is 5. The standard InChI is InChI=1S/C44H42BNO2/c1-41(2)23-43(5,6)30-21-36-32(19-28(30)41)45-33-20-29-31(44(7,8)24-42(29,3)4)22-37(33)48-39-18-25(17-38(47-36)40(39)45)46-34-15-11-9-13-26(34)27-14-10-12-16-35(27)46/h9-22H,23-24H2,1-8H3. The Kier molecular flexibility index (Phi) is 5.22. The van der Waals surface area contributed by atoms with Crippen molar-refractivity contribution in [2.24, 2.45) is 0 Å². The fourth-order valence-electron chi connectivity index (χ4n) is 10.7. The number of aromatic nitrogens is 1. The molecule has 0 N–H and O–H groups in total. The summed E-state index contributed by atoms with van der Waals surface area (Å²) in [7, 11) is 0. The fraction of sp³-hybridized carbons (Fsp3) is 0.318. The van der Waals surface area contributed by atoms with Crippen LogP contribution in [0.25, 0.3) is 27.5 Å². The Labute approximate surface area is 284 Å². The second-order valence-electron chi connectivity index (χ2n) is 17.6. The van der Waals surface area contributed by atoms with Crippen molar-refractivity contribution in [2.75, 3.05) is 0 Å². The van der Waals surface area contributed by atoms with Gasteiger partial charge in [0, 0.05) is 28.4 Å². The molecule has 4 aliphatic rings. The molecule has 0 fully saturated rings. The molecule has 0 atom stereocenters. The molecule has 0 saturated heterocycles. The lowest BCUT2D eigenvalue weighted by molar-refractivity contribution is 0.402. The van der Waals surface area contributed by atoms with E-state index in [1.807, 2.05) is 0 Å². The Morgan fingerprint density at radius 3 is 1.33 bits per heavy atom. The molecule has 0 spiro atoms. The minimum absolute atomic E-state index is 0.0318. The molecular weight excluding hydrogens is 585 g/mol. The van der Waals surface area contributed by atoms with Crippen LogP contribution in [-0.4, -0.2) is 11.3 Å². The van der Waals surface area contributed by atoms with Crippen LogP contribution >= 0.6 is 0 Å². The van der Waals surface area contributed by atoms with Gasteiger partial charge in [0.25, 0.3) is 6.71 Å². The van der Waals surface area contributed by atoms with E-state index in [0.717, 1.165) is 47.0 Å². The Bertz CT molecular complexity index is 2260. The van der Waals surface area contributed by atoms with E-state index in [2.05, 4.69) is 145 Å². The van der Waals surface area contributed by atoms with Crippen LogP contribution in [0.5, 0.6) is 23.0 Å². The monoisotopic (exact) mass is 627 g/mol. The average molecular weight is 628 g/mol. The molecule has 238 valence electrons. The summed E-state index contributed by atoms with van der Waals surface area (Å²) in [6, 6.07) is 31.7. The first kappa shape index (κ1) is 28.6. The first-order valence-electron chi connectivity index (χ1n) is 17.6. The maximum absolute atomic E-state index is 7.06. The number of hydrogen-bond donors (Lipinski definition) is 0. The number of fused-ring (bicyclic) bond motifs is 9. The van der Waals surface area contributed by atoms with E-state index in [4.69, 9.17) is 9.47 Å². The van der Waals surface area contributed by atoms with Crippen LogP contribution in [0.2, 0.25) is 0 Å². The molecule has 2 aliphatic heterocycles. The van der Waals surface area contributed by atoms with Gasteiger partial charge in [-0.1, -0.05) is 104 Å². The van der Waals surface area contributed by atoms with Crippen LogP contribution in [0.1, 0.15) is 90.5 Å². The quantitative estimate of drug-likeness (QED) is 0.169. The summed E-state index contributed by atoms with van der Waals surface area (Å²) in [4.78, 5) is 0. The van der Waals surface area contributed by atoms with Gasteiger partial charge in [0.1, 0.15) is 23.0 Å². The third-order valence-corrected chi connectivity index (χ3v) is 12.3. The summed E-state index contributed by atoms with van der Waals surface area (Å²) in [6.07, 6.45) is 2.24. The van der Waals surface area contributed by atoms with Crippen molar-refractivity contribution in [3.05, 3.63) is 107 Å². The topological polar surface area (TPSA) is 23.4 Å². The molecule has 2 aliphatic carbocycles. The Hall–Kier alpha value is -4.44. The van der Waals surface area contributed by atoms with Crippen LogP contribution in [0.4, 0.5) is 0 Å². The van der Waals surface area contributed by atoms with E-state index in [1.165, 1.54) is 55.0 Å². The highest BCUT2D eigenvalue weighted by Gasteiger charge is 2.49. The van der Waals surface area contributed by atoms with Gasteiger partial charge in [0.05, 0.1) is 16.7 Å². The molecule has 0 radical (unpaired) electrons. The van der Waals surface area contributed by atoms with E-state index in [9.17, 15) is 0 Å². The summed E-state index contributed by atoms with van der Waals surface area (Å²) in [6.45, 7) is 19.2. The highest BCUT2D eigenvalue weighted by atomic mass is 16.5. The van der Waals surface area contributed by atoms with Gasteiger partial charge in [0.15, 0.2) is 0 Å². The highest BCUT2D eigenvalue weighted by Crippen LogP contribution is 2.53. The summed E-state index contributed by atoms with van der Waals surface area (Å²) < 4.78 is 16.5. The number of para-hydroxylation sites is 2. The molecule has 0 saturated carbocycles.